The molecule has 5 rings (SSSR count). The van der Waals surface area contributed by atoms with E-state index in [0.717, 1.165) is 48.6 Å². The Morgan fingerprint density at radius 3 is 2.62 bits per heavy atom. The summed E-state index contributed by atoms with van der Waals surface area (Å²) in [6.07, 6.45) is 3.91. The Hall–Kier alpha value is -4.22. The molecule has 2 fully saturated rings. The van der Waals surface area contributed by atoms with Crippen molar-refractivity contribution in [3.8, 4) is 11.5 Å². The van der Waals surface area contributed by atoms with Gasteiger partial charge in [0.15, 0.2) is 11.5 Å². The summed E-state index contributed by atoms with van der Waals surface area (Å²) < 4.78 is 5.38. The molecule has 0 amide bonds. The van der Waals surface area contributed by atoms with Gasteiger partial charge in [-0.25, -0.2) is 0 Å². The van der Waals surface area contributed by atoms with Gasteiger partial charge in [0.1, 0.15) is 5.69 Å². The minimum atomic E-state index is -0.697. The average molecular weight is 510 g/mol. The summed E-state index contributed by atoms with van der Waals surface area (Å²) >= 11 is 0. The van der Waals surface area contributed by atoms with Gasteiger partial charge in [0, 0.05) is 17.0 Å². The number of hydrogen-bond acceptors (Lipinski definition) is 10. The normalized spacial score (nSPS) is 28.3. The fourth-order valence-corrected chi connectivity index (χ4v) is 6.66. The van der Waals surface area contributed by atoms with Gasteiger partial charge in [0.2, 0.25) is 0 Å². The second-order valence-corrected chi connectivity index (χ2v) is 10.1. The number of fused-ring (bicyclic) bond motifs is 5. The lowest BCUT2D eigenvalue weighted by atomic mass is 9.55. The smallest absolute Gasteiger partial charge is 0.301 e. The van der Waals surface area contributed by atoms with Gasteiger partial charge >= 0.3 is 5.69 Å². The Labute approximate surface area is 211 Å². The number of nitrogens with one attached hydrogen (secondary N) is 1. The first-order valence-electron chi connectivity index (χ1n) is 12.1. The van der Waals surface area contributed by atoms with E-state index in [2.05, 4.69) is 22.6 Å². The van der Waals surface area contributed by atoms with Crippen molar-refractivity contribution in [2.24, 2.45) is 27.5 Å². The first-order chi connectivity index (χ1) is 17.7. The highest BCUT2D eigenvalue weighted by atomic mass is 16.6. The Kier molecular flexibility index (Phi) is 5.97. The topological polar surface area (TPSA) is 173 Å². The van der Waals surface area contributed by atoms with Crippen molar-refractivity contribution >= 4 is 28.5 Å². The number of non-ortho nitro benzene ring substituents is 1. The number of nitro benzene ring substituents is 2. The third-order valence-electron chi connectivity index (χ3n) is 8.49. The van der Waals surface area contributed by atoms with Gasteiger partial charge in [-0.05, 0) is 73.6 Å². The van der Waals surface area contributed by atoms with E-state index >= 15 is 0 Å². The number of phenolic OH excluding ortho intramolecular Hbond substituents is 1. The summed E-state index contributed by atoms with van der Waals surface area (Å²) in [6.45, 7) is 2.15. The van der Waals surface area contributed by atoms with Gasteiger partial charge in [-0.15, -0.1) is 0 Å². The molecule has 37 heavy (non-hydrogen) atoms. The van der Waals surface area contributed by atoms with Crippen LogP contribution in [0.15, 0.2) is 40.6 Å². The largest absolute Gasteiger partial charge is 0.504 e. The molecule has 0 bridgehead atoms. The number of nitro groups is 2. The number of hydrogen-bond donors (Lipinski definition) is 3. The second kappa shape index (κ2) is 9.02. The van der Waals surface area contributed by atoms with E-state index in [-0.39, 0.29) is 34.6 Å². The lowest BCUT2D eigenvalue weighted by Crippen LogP contribution is -2.43. The van der Waals surface area contributed by atoms with Crippen LogP contribution < -0.4 is 10.2 Å². The van der Waals surface area contributed by atoms with Gasteiger partial charge in [0.05, 0.1) is 34.4 Å². The van der Waals surface area contributed by atoms with Crippen molar-refractivity contribution in [3.63, 3.8) is 0 Å². The average Bonchev–Trinajstić information content (AvgIpc) is 3.23. The summed E-state index contributed by atoms with van der Waals surface area (Å²) in [6, 6.07) is 6.78. The summed E-state index contributed by atoms with van der Waals surface area (Å²) in [5.41, 5.74) is 4.85. The number of hydrazone groups is 1. The van der Waals surface area contributed by atoms with Crippen molar-refractivity contribution in [3.05, 3.63) is 61.7 Å². The standard InChI is InChI=1S/C25H27N5O7/c1-25-8-7-14-15-12-23(37-2)22(31)11-17(15)20(10-16(14)18(25)4-6-24(25)28-32)27-26-19-5-3-13(29(33)34)9-21(19)30(35)36/h3,5,9,11-12,14,16,18,26,31-32H,4,6-8,10H2,1-2H3/t14-,16-,18+,25+/m1/s1. The van der Waals surface area contributed by atoms with Crippen LogP contribution in [0.3, 0.4) is 0 Å². The van der Waals surface area contributed by atoms with Crippen molar-refractivity contribution in [1.29, 1.82) is 0 Å². The second-order valence-electron chi connectivity index (χ2n) is 10.1. The molecule has 0 spiro atoms. The Balaban J connectivity index is 1.58. The number of rotatable bonds is 5. The van der Waals surface area contributed by atoms with Crippen LogP contribution in [0, 0.1) is 37.5 Å². The highest BCUT2D eigenvalue weighted by Gasteiger charge is 2.54. The van der Waals surface area contributed by atoms with Crippen LogP contribution in [0.4, 0.5) is 17.1 Å². The summed E-state index contributed by atoms with van der Waals surface area (Å²) in [7, 11) is 1.49. The molecule has 0 radical (unpaired) electrons. The van der Waals surface area contributed by atoms with Gasteiger partial charge in [-0.3, -0.25) is 25.7 Å². The molecule has 12 heteroatoms. The molecule has 2 saturated carbocycles. The summed E-state index contributed by atoms with van der Waals surface area (Å²) in [4.78, 5) is 21.3. The number of ether oxygens (including phenoxy) is 1. The molecule has 0 heterocycles. The third kappa shape index (κ3) is 3.92. The quantitative estimate of drug-likeness (QED) is 0.281. The van der Waals surface area contributed by atoms with Crippen LogP contribution in [0.1, 0.15) is 56.1 Å². The number of phenols is 1. The van der Waals surface area contributed by atoms with E-state index in [0.29, 0.717) is 17.9 Å². The van der Waals surface area contributed by atoms with Crippen LogP contribution in [0.2, 0.25) is 0 Å². The molecule has 0 unspecified atom stereocenters. The zero-order chi connectivity index (χ0) is 26.5. The maximum Gasteiger partial charge on any atom is 0.301 e. The van der Waals surface area contributed by atoms with E-state index in [1.807, 2.05) is 6.07 Å². The zero-order valence-electron chi connectivity index (χ0n) is 20.4. The number of aromatic hydroxyl groups is 1. The maximum absolute atomic E-state index is 11.6. The van der Waals surface area contributed by atoms with E-state index in [4.69, 9.17) is 4.74 Å². The Morgan fingerprint density at radius 2 is 1.95 bits per heavy atom. The summed E-state index contributed by atoms with van der Waals surface area (Å²) in [5.74, 6) is 0.935. The number of anilines is 1. The fourth-order valence-electron chi connectivity index (χ4n) is 6.66. The zero-order valence-corrected chi connectivity index (χ0v) is 20.4. The molecule has 0 aromatic heterocycles. The van der Waals surface area contributed by atoms with Crippen molar-refractivity contribution in [1.82, 2.24) is 0 Å². The molecule has 3 aliphatic carbocycles. The summed E-state index contributed by atoms with van der Waals surface area (Å²) in [5, 5.41) is 51.0. The van der Waals surface area contributed by atoms with E-state index < -0.39 is 21.2 Å². The molecular weight excluding hydrogens is 482 g/mol. The minimum absolute atomic E-state index is 0.0218. The van der Waals surface area contributed by atoms with Gasteiger partial charge in [0.25, 0.3) is 5.69 Å². The minimum Gasteiger partial charge on any atom is -0.504 e. The van der Waals surface area contributed by atoms with Crippen LogP contribution in [-0.4, -0.2) is 38.7 Å². The molecule has 0 saturated heterocycles. The van der Waals surface area contributed by atoms with Crippen LogP contribution in [0.5, 0.6) is 11.5 Å². The Bertz CT molecular complexity index is 1360. The fraction of sp³-hybridized carbons (Fsp3) is 0.440. The predicted octanol–water partition coefficient (Wildman–Crippen LogP) is 5.18. The maximum atomic E-state index is 11.6. The van der Waals surface area contributed by atoms with Crippen LogP contribution in [0.25, 0.3) is 0 Å². The first-order valence-corrected chi connectivity index (χ1v) is 12.1. The lowest BCUT2D eigenvalue weighted by Gasteiger charge is -2.49. The van der Waals surface area contributed by atoms with E-state index in [1.165, 1.54) is 19.2 Å². The van der Waals surface area contributed by atoms with Gasteiger partial charge < -0.3 is 15.1 Å². The van der Waals surface area contributed by atoms with Crippen molar-refractivity contribution in [2.75, 3.05) is 12.5 Å². The Morgan fingerprint density at radius 1 is 1.16 bits per heavy atom. The predicted molar refractivity (Wildman–Crippen MR) is 135 cm³/mol. The van der Waals surface area contributed by atoms with Gasteiger partial charge in [-0.2, -0.15) is 5.10 Å². The SMILES string of the molecule is COc1cc2c(cc1O)C(=NNc1ccc([N+](=O)[O-])cc1[N+](=O)[O-])C[C@@H]1[C@@H]2CC[C@]2(C)C(=NO)CC[C@@H]12. The van der Waals surface area contributed by atoms with Crippen molar-refractivity contribution in [2.45, 2.75) is 44.9 Å². The molecule has 12 nitrogen and oxygen atoms in total. The van der Waals surface area contributed by atoms with Gasteiger partial charge in [-0.1, -0.05) is 12.1 Å². The van der Waals surface area contributed by atoms with E-state index in [1.54, 1.807) is 6.07 Å². The van der Waals surface area contributed by atoms with Crippen LogP contribution in [-0.2, 0) is 0 Å². The molecular formula is C25H27N5O7. The van der Waals surface area contributed by atoms with Crippen LogP contribution >= 0.6 is 0 Å². The number of nitrogens with zero attached hydrogens (tertiary/aromatic N) is 4. The molecule has 194 valence electrons. The number of oxime groups is 1. The number of benzene rings is 2. The molecule has 4 atom stereocenters. The molecule has 3 aliphatic rings. The molecule has 2 aromatic carbocycles. The van der Waals surface area contributed by atoms with E-state index in [9.17, 15) is 30.5 Å². The van der Waals surface area contributed by atoms with Crippen molar-refractivity contribution < 1.29 is 24.9 Å². The third-order valence-corrected chi connectivity index (χ3v) is 8.49. The lowest BCUT2D eigenvalue weighted by molar-refractivity contribution is -0.393. The molecule has 3 N–H and O–H groups in total. The first kappa shape index (κ1) is 24.5. The number of methoxy groups -OCH3 is 1. The molecule has 2 aromatic rings. The molecule has 0 aliphatic heterocycles. The highest BCUT2D eigenvalue weighted by molar-refractivity contribution is 6.04. The highest BCUT2D eigenvalue weighted by Crippen LogP contribution is 2.60. The monoisotopic (exact) mass is 509 g/mol.